The summed E-state index contributed by atoms with van der Waals surface area (Å²) in [6, 6.07) is 18.1. The summed E-state index contributed by atoms with van der Waals surface area (Å²) in [4.78, 5) is 13.2. The fourth-order valence-corrected chi connectivity index (χ4v) is 5.16. The second-order valence-electron chi connectivity index (χ2n) is 8.32. The van der Waals surface area contributed by atoms with Crippen molar-refractivity contribution in [3.05, 3.63) is 89.4 Å². The number of amides is 1. The molecule has 2 aromatic carbocycles. The summed E-state index contributed by atoms with van der Waals surface area (Å²) in [5, 5.41) is 3.06. The van der Waals surface area contributed by atoms with Crippen LogP contribution in [0.3, 0.4) is 0 Å². The van der Waals surface area contributed by atoms with E-state index in [9.17, 15) is 13.2 Å². The molecule has 7 nitrogen and oxygen atoms in total. The van der Waals surface area contributed by atoms with Gasteiger partial charge in [-0.3, -0.25) is 4.79 Å². The molecule has 3 aromatic rings. The van der Waals surface area contributed by atoms with Gasteiger partial charge in [0.05, 0.1) is 17.7 Å². The molecule has 1 aromatic heterocycles. The zero-order valence-electron chi connectivity index (χ0n) is 18.5. The number of benzene rings is 2. The Morgan fingerprint density at radius 3 is 2.48 bits per heavy atom. The molecule has 0 bridgehead atoms. The molecule has 0 saturated carbocycles. The monoisotopic (exact) mass is 468 g/mol. The Morgan fingerprint density at radius 2 is 1.79 bits per heavy atom. The van der Waals surface area contributed by atoms with Crippen LogP contribution in [0, 0.1) is 6.92 Å². The van der Waals surface area contributed by atoms with Crippen LogP contribution in [0.15, 0.2) is 76.2 Å². The van der Waals surface area contributed by atoms with Gasteiger partial charge in [0.25, 0.3) is 5.91 Å². The second-order valence-corrected chi connectivity index (χ2v) is 10.1. The van der Waals surface area contributed by atoms with E-state index in [0.29, 0.717) is 36.6 Å². The van der Waals surface area contributed by atoms with E-state index in [2.05, 4.69) is 22.2 Å². The third-order valence-corrected chi connectivity index (χ3v) is 7.60. The zero-order valence-corrected chi connectivity index (χ0v) is 19.4. The highest BCUT2D eigenvalue weighted by molar-refractivity contribution is 7.89. The third kappa shape index (κ3) is 5.35. The largest absolute Gasteiger partial charge is 0.468 e. The highest BCUT2D eigenvalue weighted by Crippen LogP contribution is 2.34. The molecule has 0 unspecified atom stereocenters. The lowest BCUT2D eigenvalue weighted by Gasteiger charge is -2.38. The smallest absolute Gasteiger partial charge is 0.251 e. The molecule has 33 heavy (non-hydrogen) atoms. The van der Waals surface area contributed by atoms with Crippen LogP contribution in [0.5, 0.6) is 0 Å². The molecule has 1 amide bonds. The van der Waals surface area contributed by atoms with Crippen molar-refractivity contribution in [2.75, 3.05) is 19.8 Å². The van der Waals surface area contributed by atoms with Crippen molar-refractivity contribution in [1.82, 2.24) is 10.0 Å². The SMILES string of the molecule is Cc1ccc(S(=O)(=O)NCc2ccco2)cc1C(=O)NCC1(c2ccccc2)CCOCC1. The van der Waals surface area contributed by atoms with Gasteiger partial charge in [0.15, 0.2) is 0 Å². The number of nitrogens with one attached hydrogen (secondary N) is 2. The van der Waals surface area contributed by atoms with E-state index in [1.165, 1.54) is 24.0 Å². The highest BCUT2D eigenvalue weighted by Gasteiger charge is 2.35. The third-order valence-electron chi connectivity index (χ3n) is 6.20. The first-order chi connectivity index (χ1) is 15.9. The predicted molar refractivity (Wildman–Crippen MR) is 124 cm³/mol. The Hall–Kier alpha value is -2.94. The van der Waals surface area contributed by atoms with Gasteiger partial charge in [0.2, 0.25) is 10.0 Å². The predicted octanol–water partition coefficient (Wildman–Crippen LogP) is 3.54. The van der Waals surface area contributed by atoms with Crippen LogP contribution in [0.2, 0.25) is 0 Å². The van der Waals surface area contributed by atoms with E-state index in [0.717, 1.165) is 12.8 Å². The lowest BCUT2D eigenvalue weighted by Crippen LogP contribution is -2.44. The van der Waals surface area contributed by atoms with Gasteiger partial charge in [-0.2, -0.15) is 0 Å². The Bertz CT molecular complexity index is 1180. The molecule has 1 aliphatic rings. The van der Waals surface area contributed by atoms with Crippen LogP contribution < -0.4 is 10.0 Å². The Morgan fingerprint density at radius 1 is 1.03 bits per heavy atom. The Kier molecular flexibility index (Phi) is 6.97. The quantitative estimate of drug-likeness (QED) is 0.527. The summed E-state index contributed by atoms with van der Waals surface area (Å²) in [5.74, 6) is 0.212. The standard InChI is InChI=1S/C25H28N2O5S/c1-19-9-10-22(33(29,30)27-17-21-8-5-13-32-21)16-23(19)24(28)26-18-25(11-14-31-15-12-25)20-6-3-2-4-7-20/h2-10,13,16,27H,11-12,14-15,17-18H2,1H3,(H,26,28). The van der Waals surface area contributed by atoms with Gasteiger partial charge in [-0.15, -0.1) is 0 Å². The molecular weight excluding hydrogens is 440 g/mol. The van der Waals surface area contributed by atoms with Crippen LogP contribution in [0.4, 0.5) is 0 Å². The molecule has 2 heterocycles. The lowest BCUT2D eigenvalue weighted by molar-refractivity contribution is 0.0487. The van der Waals surface area contributed by atoms with Gasteiger partial charge in [-0.05, 0) is 55.2 Å². The number of carbonyl (C=O) groups is 1. The molecule has 0 atom stereocenters. The van der Waals surface area contributed by atoms with Crippen LogP contribution in [-0.4, -0.2) is 34.1 Å². The van der Waals surface area contributed by atoms with Gasteiger partial charge >= 0.3 is 0 Å². The number of hydrogen-bond acceptors (Lipinski definition) is 5. The van der Waals surface area contributed by atoms with Gasteiger partial charge in [0.1, 0.15) is 5.76 Å². The first-order valence-electron chi connectivity index (χ1n) is 10.9. The lowest BCUT2D eigenvalue weighted by atomic mass is 9.74. The van der Waals surface area contributed by atoms with Crippen molar-refractivity contribution in [2.45, 2.75) is 36.6 Å². The molecule has 1 fully saturated rings. The van der Waals surface area contributed by atoms with Crippen molar-refractivity contribution in [3.63, 3.8) is 0 Å². The molecule has 0 spiro atoms. The van der Waals surface area contributed by atoms with Crippen LogP contribution in [0.25, 0.3) is 0 Å². The number of ether oxygens (including phenoxy) is 1. The Labute approximate surface area is 194 Å². The van der Waals surface area contributed by atoms with Crippen molar-refractivity contribution in [2.24, 2.45) is 0 Å². The summed E-state index contributed by atoms with van der Waals surface area (Å²) < 4.78 is 38.8. The van der Waals surface area contributed by atoms with Crippen LogP contribution >= 0.6 is 0 Å². The average Bonchev–Trinajstić information content (AvgIpc) is 3.37. The van der Waals surface area contributed by atoms with Crippen molar-refractivity contribution >= 4 is 15.9 Å². The Balaban J connectivity index is 1.51. The van der Waals surface area contributed by atoms with Crippen LogP contribution in [-0.2, 0) is 26.7 Å². The summed E-state index contributed by atoms with van der Waals surface area (Å²) >= 11 is 0. The van der Waals surface area contributed by atoms with Gasteiger partial charge < -0.3 is 14.5 Å². The first kappa shape index (κ1) is 23.2. The van der Waals surface area contributed by atoms with E-state index in [-0.39, 0.29) is 22.8 Å². The van der Waals surface area contributed by atoms with E-state index in [4.69, 9.17) is 9.15 Å². The summed E-state index contributed by atoms with van der Waals surface area (Å²) in [5.41, 5.74) is 2.00. The van der Waals surface area contributed by atoms with Crippen molar-refractivity contribution in [1.29, 1.82) is 0 Å². The molecular formula is C25H28N2O5S. The van der Waals surface area contributed by atoms with Crippen molar-refractivity contribution in [3.8, 4) is 0 Å². The van der Waals surface area contributed by atoms with E-state index < -0.39 is 10.0 Å². The topological polar surface area (TPSA) is 97.6 Å². The van der Waals surface area contributed by atoms with Gasteiger partial charge in [-0.25, -0.2) is 13.1 Å². The number of aryl methyl sites for hydroxylation is 1. The second kappa shape index (κ2) is 9.91. The molecule has 0 radical (unpaired) electrons. The average molecular weight is 469 g/mol. The van der Waals surface area contributed by atoms with Crippen LogP contribution in [0.1, 0.15) is 40.1 Å². The molecule has 8 heteroatoms. The maximum Gasteiger partial charge on any atom is 0.251 e. The fraction of sp³-hybridized carbons (Fsp3) is 0.320. The van der Waals surface area contributed by atoms with Crippen molar-refractivity contribution < 1.29 is 22.4 Å². The molecule has 1 aliphatic heterocycles. The summed E-state index contributed by atoms with van der Waals surface area (Å²) in [7, 11) is -3.81. The minimum absolute atomic E-state index is 0.0341. The number of sulfonamides is 1. The summed E-state index contributed by atoms with van der Waals surface area (Å²) in [6.07, 6.45) is 3.10. The number of furan rings is 1. The summed E-state index contributed by atoms with van der Waals surface area (Å²) in [6.45, 7) is 3.56. The number of carbonyl (C=O) groups excluding carboxylic acids is 1. The number of rotatable bonds is 8. The molecule has 2 N–H and O–H groups in total. The minimum atomic E-state index is -3.81. The maximum atomic E-state index is 13.1. The highest BCUT2D eigenvalue weighted by atomic mass is 32.2. The van der Waals surface area contributed by atoms with Gasteiger partial charge in [-0.1, -0.05) is 36.4 Å². The zero-order chi connectivity index (χ0) is 23.3. The maximum absolute atomic E-state index is 13.1. The minimum Gasteiger partial charge on any atom is -0.468 e. The number of hydrogen-bond donors (Lipinski definition) is 2. The van der Waals surface area contributed by atoms with E-state index in [1.807, 2.05) is 18.2 Å². The normalized spacial score (nSPS) is 15.8. The van der Waals surface area contributed by atoms with Gasteiger partial charge in [0, 0.05) is 30.7 Å². The molecule has 1 saturated heterocycles. The van der Waals surface area contributed by atoms with E-state index >= 15 is 0 Å². The fourth-order valence-electron chi connectivity index (χ4n) is 4.14. The van der Waals surface area contributed by atoms with E-state index in [1.54, 1.807) is 25.1 Å². The molecule has 0 aliphatic carbocycles. The molecule has 4 rings (SSSR count). The first-order valence-corrected chi connectivity index (χ1v) is 12.4. The molecule has 174 valence electrons.